The van der Waals surface area contributed by atoms with Crippen LogP contribution in [0, 0.1) is 0 Å². The van der Waals surface area contributed by atoms with Crippen LogP contribution >= 0.6 is 0 Å². The van der Waals surface area contributed by atoms with Crippen molar-refractivity contribution >= 4 is 12.0 Å². The second-order valence-electron chi connectivity index (χ2n) is 7.10. The third-order valence-corrected chi connectivity index (χ3v) is 4.94. The summed E-state index contributed by atoms with van der Waals surface area (Å²) < 4.78 is 5.62. The van der Waals surface area contributed by atoms with E-state index in [4.69, 9.17) is 4.74 Å². The predicted octanol–water partition coefficient (Wildman–Crippen LogP) is 6.13. The zero-order valence-corrected chi connectivity index (χ0v) is 17.7. The van der Waals surface area contributed by atoms with E-state index < -0.39 is 0 Å². The van der Waals surface area contributed by atoms with Crippen molar-refractivity contribution in [2.45, 2.75) is 26.3 Å². The second kappa shape index (κ2) is 11.0. The van der Waals surface area contributed by atoms with E-state index in [0.717, 1.165) is 28.9 Å². The zero-order chi connectivity index (χ0) is 21.2. The second-order valence-corrected chi connectivity index (χ2v) is 7.10. The Morgan fingerprint density at radius 2 is 1.43 bits per heavy atom. The van der Waals surface area contributed by atoms with E-state index in [-0.39, 0.29) is 11.9 Å². The Labute approximate surface area is 179 Å². The van der Waals surface area contributed by atoms with Crippen LogP contribution in [-0.4, -0.2) is 24.0 Å². The molecule has 0 heterocycles. The molecule has 0 unspecified atom stereocenters. The van der Waals surface area contributed by atoms with E-state index in [9.17, 15) is 4.79 Å². The van der Waals surface area contributed by atoms with Gasteiger partial charge in [0.05, 0.1) is 12.6 Å². The van der Waals surface area contributed by atoms with E-state index in [1.54, 1.807) is 6.08 Å². The van der Waals surface area contributed by atoms with Gasteiger partial charge in [-0.1, -0.05) is 79.7 Å². The molecule has 154 valence electrons. The van der Waals surface area contributed by atoms with Crippen molar-refractivity contribution < 1.29 is 9.53 Å². The quantitative estimate of drug-likeness (QED) is 0.405. The van der Waals surface area contributed by atoms with Crippen molar-refractivity contribution in [3.63, 3.8) is 0 Å². The van der Waals surface area contributed by atoms with Crippen molar-refractivity contribution in [2.24, 2.45) is 0 Å². The van der Waals surface area contributed by atoms with Crippen molar-refractivity contribution in [2.75, 3.05) is 13.2 Å². The molecule has 3 aromatic carbocycles. The van der Waals surface area contributed by atoms with Gasteiger partial charge in [0.2, 0.25) is 5.91 Å². The van der Waals surface area contributed by atoms with Gasteiger partial charge < -0.3 is 9.64 Å². The van der Waals surface area contributed by atoms with Gasteiger partial charge in [0, 0.05) is 12.6 Å². The molecule has 30 heavy (non-hydrogen) atoms. The van der Waals surface area contributed by atoms with Crippen LogP contribution in [0.4, 0.5) is 0 Å². The maximum Gasteiger partial charge on any atom is 0.247 e. The molecular formula is C27H29NO2. The van der Waals surface area contributed by atoms with Crippen molar-refractivity contribution in [1.82, 2.24) is 4.90 Å². The summed E-state index contributed by atoms with van der Waals surface area (Å²) in [6, 6.07) is 28.0. The number of likely N-dealkylation sites (N-methyl/N-ethyl adjacent to an activating group) is 1. The minimum atomic E-state index is -0.126. The Morgan fingerprint density at radius 3 is 1.93 bits per heavy atom. The van der Waals surface area contributed by atoms with Gasteiger partial charge in [-0.25, -0.2) is 0 Å². The number of rotatable bonds is 9. The number of nitrogens with zero attached hydrogens (tertiary/aromatic N) is 1. The summed E-state index contributed by atoms with van der Waals surface area (Å²) >= 11 is 0. The number of carbonyl (C=O) groups excluding carboxylic acids is 1. The van der Waals surface area contributed by atoms with Crippen molar-refractivity contribution in [1.29, 1.82) is 0 Å². The van der Waals surface area contributed by atoms with Crippen LogP contribution in [0.1, 0.15) is 43.0 Å². The number of benzene rings is 3. The van der Waals surface area contributed by atoms with E-state index in [2.05, 4.69) is 31.2 Å². The highest BCUT2D eigenvalue weighted by Gasteiger charge is 2.24. The van der Waals surface area contributed by atoms with E-state index in [1.807, 2.05) is 78.6 Å². The van der Waals surface area contributed by atoms with Crippen LogP contribution in [-0.2, 0) is 4.79 Å². The van der Waals surface area contributed by atoms with Gasteiger partial charge in [-0.05, 0) is 48.2 Å². The van der Waals surface area contributed by atoms with Gasteiger partial charge in [0.15, 0.2) is 0 Å². The topological polar surface area (TPSA) is 29.5 Å². The van der Waals surface area contributed by atoms with Crippen LogP contribution in [0.15, 0.2) is 91.0 Å². The summed E-state index contributed by atoms with van der Waals surface area (Å²) in [7, 11) is 0. The number of ether oxygens (including phenoxy) is 1. The van der Waals surface area contributed by atoms with Crippen molar-refractivity contribution in [3.8, 4) is 5.75 Å². The fourth-order valence-corrected chi connectivity index (χ4v) is 3.45. The minimum Gasteiger partial charge on any atom is -0.494 e. The number of carbonyl (C=O) groups is 1. The molecule has 0 aliphatic carbocycles. The Hall–Kier alpha value is -3.33. The Morgan fingerprint density at radius 1 is 0.867 bits per heavy atom. The third-order valence-electron chi connectivity index (χ3n) is 4.94. The lowest BCUT2D eigenvalue weighted by Gasteiger charge is -2.31. The lowest BCUT2D eigenvalue weighted by atomic mass is 9.97. The summed E-state index contributed by atoms with van der Waals surface area (Å²) in [4.78, 5) is 15.1. The largest absolute Gasteiger partial charge is 0.494 e. The normalized spacial score (nSPS) is 11.0. The van der Waals surface area contributed by atoms with Crippen LogP contribution in [0.25, 0.3) is 6.08 Å². The highest BCUT2D eigenvalue weighted by Crippen LogP contribution is 2.29. The fraction of sp³-hybridized carbons (Fsp3) is 0.222. The Balaban J connectivity index is 1.81. The molecule has 1 amide bonds. The van der Waals surface area contributed by atoms with E-state index in [1.165, 1.54) is 0 Å². The molecule has 0 atom stereocenters. The molecule has 0 aliphatic rings. The minimum absolute atomic E-state index is 0.0125. The average molecular weight is 400 g/mol. The molecule has 0 aromatic heterocycles. The number of hydrogen-bond donors (Lipinski definition) is 0. The van der Waals surface area contributed by atoms with Gasteiger partial charge in [-0.3, -0.25) is 4.79 Å². The molecule has 0 N–H and O–H groups in total. The van der Waals surface area contributed by atoms with Crippen LogP contribution in [0.2, 0.25) is 0 Å². The summed E-state index contributed by atoms with van der Waals surface area (Å²) in [5.74, 6) is 0.838. The van der Waals surface area contributed by atoms with Gasteiger partial charge >= 0.3 is 0 Å². The molecule has 0 saturated heterocycles. The maximum absolute atomic E-state index is 13.2. The highest BCUT2D eigenvalue weighted by molar-refractivity contribution is 5.92. The molecule has 0 fully saturated rings. The van der Waals surface area contributed by atoms with E-state index in [0.29, 0.717) is 13.2 Å². The predicted molar refractivity (Wildman–Crippen MR) is 123 cm³/mol. The molecule has 0 bridgehead atoms. The Kier molecular flexibility index (Phi) is 7.85. The van der Waals surface area contributed by atoms with Crippen LogP contribution in [0.3, 0.4) is 0 Å². The molecule has 0 saturated carbocycles. The molecule has 3 rings (SSSR count). The molecule has 3 nitrogen and oxygen atoms in total. The van der Waals surface area contributed by atoms with Gasteiger partial charge in [0.1, 0.15) is 5.75 Å². The lowest BCUT2D eigenvalue weighted by Crippen LogP contribution is -2.34. The molecule has 0 spiro atoms. The SMILES string of the molecule is CCCOc1ccc(/C=C/C(=O)N(CC)C(c2ccccc2)c2ccccc2)cc1. The zero-order valence-electron chi connectivity index (χ0n) is 17.7. The van der Waals surface area contributed by atoms with Gasteiger partial charge in [-0.2, -0.15) is 0 Å². The number of amides is 1. The molecular weight excluding hydrogens is 370 g/mol. The van der Waals surface area contributed by atoms with Gasteiger partial charge in [0.25, 0.3) is 0 Å². The maximum atomic E-state index is 13.2. The standard InChI is InChI=1S/C27H29NO2/c1-3-21-30-25-18-15-22(16-19-25)17-20-26(29)28(4-2)27(23-11-7-5-8-12-23)24-13-9-6-10-14-24/h5-20,27H,3-4,21H2,1-2H3/b20-17+. The summed E-state index contributed by atoms with van der Waals surface area (Å²) in [6.07, 6.45) is 4.50. The summed E-state index contributed by atoms with van der Waals surface area (Å²) in [6.45, 7) is 5.42. The first-order valence-electron chi connectivity index (χ1n) is 10.5. The molecule has 0 radical (unpaired) electrons. The van der Waals surface area contributed by atoms with E-state index >= 15 is 0 Å². The monoisotopic (exact) mass is 399 g/mol. The average Bonchev–Trinajstić information content (AvgIpc) is 2.81. The number of hydrogen-bond acceptors (Lipinski definition) is 2. The van der Waals surface area contributed by atoms with Crippen molar-refractivity contribution in [3.05, 3.63) is 108 Å². The van der Waals surface area contributed by atoms with Crippen LogP contribution < -0.4 is 4.74 Å². The third kappa shape index (κ3) is 5.60. The summed E-state index contributed by atoms with van der Waals surface area (Å²) in [5, 5.41) is 0. The lowest BCUT2D eigenvalue weighted by molar-refractivity contribution is -0.127. The first-order chi connectivity index (χ1) is 14.7. The summed E-state index contributed by atoms with van der Waals surface area (Å²) in [5.41, 5.74) is 3.17. The fourth-order valence-electron chi connectivity index (χ4n) is 3.45. The molecule has 3 aromatic rings. The molecule has 3 heteroatoms. The first kappa shape index (κ1) is 21.4. The Bertz CT molecular complexity index is 894. The highest BCUT2D eigenvalue weighted by atomic mass is 16.5. The van der Waals surface area contributed by atoms with Gasteiger partial charge in [-0.15, -0.1) is 0 Å². The molecule has 0 aliphatic heterocycles. The smallest absolute Gasteiger partial charge is 0.247 e. The first-order valence-corrected chi connectivity index (χ1v) is 10.5. The van der Waals surface area contributed by atoms with Crippen LogP contribution in [0.5, 0.6) is 5.75 Å².